The lowest BCUT2D eigenvalue weighted by Gasteiger charge is -2.17. The van der Waals surface area contributed by atoms with Gasteiger partial charge < -0.3 is 14.2 Å². The first-order chi connectivity index (χ1) is 16.6. The molecule has 0 aliphatic carbocycles. The number of esters is 1. The summed E-state index contributed by atoms with van der Waals surface area (Å²) in [5, 5.41) is 0. The van der Waals surface area contributed by atoms with Gasteiger partial charge in [0, 0.05) is 24.1 Å². The first kappa shape index (κ1) is 26.6. The molecule has 0 spiro atoms. The normalized spacial score (nSPS) is 13.3. The van der Waals surface area contributed by atoms with Crippen molar-refractivity contribution < 1.29 is 32.2 Å². The molecule has 1 aromatic carbocycles. The second-order valence-corrected chi connectivity index (χ2v) is 8.81. The Bertz CT molecular complexity index is 1130. The average molecular weight is 509 g/mol. The smallest absolute Gasteiger partial charge is 0.433 e. The van der Waals surface area contributed by atoms with Crippen LogP contribution in [-0.4, -0.2) is 35.3 Å². The van der Waals surface area contributed by atoms with Gasteiger partial charge in [-0.2, -0.15) is 13.2 Å². The Labute approximate surface area is 206 Å². The van der Waals surface area contributed by atoms with Crippen LogP contribution >= 0.6 is 11.3 Å². The molecule has 6 nitrogen and oxygen atoms in total. The Hall–Kier alpha value is -2.98. The molecule has 2 unspecified atom stereocenters. The van der Waals surface area contributed by atoms with Crippen molar-refractivity contribution in [2.75, 3.05) is 13.2 Å². The summed E-state index contributed by atoms with van der Waals surface area (Å²) in [6, 6.07) is 9.94. The molecule has 2 aromatic heterocycles. The fourth-order valence-electron chi connectivity index (χ4n) is 3.47. The van der Waals surface area contributed by atoms with E-state index in [1.165, 1.54) is 11.3 Å². The Balaban J connectivity index is 1.70. The molecule has 0 bridgehead atoms. The maximum Gasteiger partial charge on any atom is 0.433 e. The third-order valence-electron chi connectivity index (χ3n) is 5.07. The second-order valence-electron chi connectivity index (χ2n) is 7.73. The lowest BCUT2D eigenvalue weighted by molar-refractivity contribution is -0.156. The predicted molar refractivity (Wildman–Crippen MR) is 126 cm³/mol. The molecule has 0 aliphatic heterocycles. The Morgan fingerprint density at radius 2 is 1.83 bits per heavy atom. The summed E-state index contributed by atoms with van der Waals surface area (Å²) in [7, 11) is 0. The third-order valence-corrected chi connectivity index (χ3v) is 6.46. The van der Waals surface area contributed by atoms with Gasteiger partial charge in [-0.3, -0.25) is 0 Å². The van der Waals surface area contributed by atoms with E-state index in [1.54, 1.807) is 25.1 Å². The SMILES string of the molecule is CCOC(=O)C(Cc1ccc(OC(C)c2sc(-c3nccc(C(F)(F)F)n3)cc2C)cc1)OCC. The molecule has 0 saturated heterocycles. The van der Waals surface area contributed by atoms with Gasteiger partial charge in [-0.05, 0) is 63.1 Å². The van der Waals surface area contributed by atoms with E-state index in [4.69, 9.17) is 14.2 Å². The summed E-state index contributed by atoms with van der Waals surface area (Å²) < 4.78 is 55.7. The molecule has 3 aromatic rings. The zero-order valence-electron chi connectivity index (χ0n) is 19.9. The number of rotatable bonds is 10. The summed E-state index contributed by atoms with van der Waals surface area (Å²) in [4.78, 5) is 21.2. The number of carbonyl (C=O) groups excluding carboxylic acids is 1. The number of thiophene rings is 1. The molecule has 3 rings (SSSR count). The number of halogens is 3. The van der Waals surface area contributed by atoms with Gasteiger partial charge in [-0.1, -0.05) is 12.1 Å². The molecule has 0 N–H and O–H groups in total. The first-order valence-corrected chi connectivity index (χ1v) is 12.0. The first-order valence-electron chi connectivity index (χ1n) is 11.2. The molecule has 2 atom stereocenters. The van der Waals surface area contributed by atoms with Gasteiger partial charge in [0.25, 0.3) is 0 Å². The van der Waals surface area contributed by atoms with Crippen molar-refractivity contribution in [2.24, 2.45) is 0 Å². The number of hydrogen-bond donors (Lipinski definition) is 0. The predicted octanol–water partition coefficient (Wildman–Crippen LogP) is 6.18. The van der Waals surface area contributed by atoms with Crippen LogP contribution < -0.4 is 4.74 Å². The van der Waals surface area contributed by atoms with Crippen molar-refractivity contribution >= 4 is 17.3 Å². The maximum atomic E-state index is 13.0. The van der Waals surface area contributed by atoms with E-state index in [0.717, 1.165) is 28.3 Å². The van der Waals surface area contributed by atoms with Gasteiger partial charge in [-0.15, -0.1) is 11.3 Å². The number of aryl methyl sites for hydroxylation is 1. The Morgan fingerprint density at radius 1 is 1.11 bits per heavy atom. The zero-order valence-corrected chi connectivity index (χ0v) is 20.7. The van der Waals surface area contributed by atoms with Crippen LogP contribution in [0.4, 0.5) is 13.2 Å². The van der Waals surface area contributed by atoms with Crippen molar-refractivity contribution in [1.82, 2.24) is 9.97 Å². The van der Waals surface area contributed by atoms with Gasteiger partial charge in [0.05, 0.1) is 11.5 Å². The number of carbonyl (C=O) groups is 1. The summed E-state index contributed by atoms with van der Waals surface area (Å²) in [5.74, 6) is 0.258. The molecule has 188 valence electrons. The fourth-order valence-corrected chi connectivity index (χ4v) is 4.56. The van der Waals surface area contributed by atoms with Crippen molar-refractivity contribution in [2.45, 2.75) is 52.5 Å². The molecule has 10 heteroatoms. The third kappa shape index (κ3) is 7.02. The monoisotopic (exact) mass is 508 g/mol. The number of alkyl halides is 3. The van der Waals surface area contributed by atoms with Crippen LogP contribution in [0.25, 0.3) is 10.7 Å². The summed E-state index contributed by atoms with van der Waals surface area (Å²) in [5.41, 5.74) is 0.797. The number of ether oxygens (including phenoxy) is 3. The van der Waals surface area contributed by atoms with E-state index < -0.39 is 23.9 Å². The molecule has 0 amide bonds. The molecular formula is C25H27F3N2O4S. The minimum atomic E-state index is -4.53. The number of benzene rings is 1. The molecule has 0 saturated carbocycles. The van der Waals surface area contributed by atoms with Gasteiger partial charge in [-0.25, -0.2) is 14.8 Å². The maximum absolute atomic E-state index is 13.0. The topological polar surface area (TPSA) is 70.5 Å². The van der Waals surface area contributed by atoms with Crippen molar-refractivity contribution in [3.05, 3.63) is 64.3 Å². The molecule has 0 aliphatic rings. The van der Waals surface area contributed by atoms with Gasteiger partial charge in [0.1, 0.15) is 17.5 Å². The van der Waals surface area contributed by atoms with E-state index in [9.17, 15) is 18.0 Å². The van der Waals surface area contributed by atoms with Gasteiger partial charge >= 0.3 is 12.1 Å². The van der Waals surface area contributed by atoms with E-state index in [2.05, 4.69) is 9.97 Å². The highest BCUT2D eigenvalue weighted by Crippen LogP contribution is 2.36. The van der Waals surface area contributed by atoms with E-state index in [-0.39, 0.29) is 18.5 Å². The largest absolute Gasteiger partial charge is 0.485 e. The number of nitrogens with zero attached hydrogens (tertiary/aromatic N) is 2. The highest BCUT2D eigenvalue weighted by molar-refractivity contribution is 7.15. The highest BCUT2D eigenvalue weighted by atomic mass is 32.1. The molecule has 0 radical (unpaired) electrons. The molecular weight excluding hydrogens is 481 g/mol. The average Bonchev–Trinajstić information content (AvgIpc) is 3.21. The summed E-state index contributed by atoms with van der Waals surface area (Å²) in [6.07, 6.45) is -4.06. The Kier molecular flexibility index (Phi) is 8.85. The van der Waals surface area contributed by atoms with Crippen LogP contribution in [0.1, 0.15) is 48.6 Å². The van der Waals surface area contributed by atoms with E-state index in [0.29, 0.717) is 23.7 Å². The minimum Gasteiger partial charge on any atom is -0.485 e. The minimum absolute atomic E-state index is 0.0289. The molecule has 2 heterocycles. The second kappa shape index (κ2) is 11.6. The van der Waals surface area contributed by atoms with Crippen molar-refractivity contribution in [3.8, 4) is 16.5 Å². The van der Waals surface area contributed by atoms with Crippen LogP contribution in [0.2, 0.25) is 0 Å². The molecule has 35 heavy (non-hydrogen) atoms. The van der Waals surface area contributed by atoms with Crippen LogP contribution in [0.3, 0.4) is 0 Å². The zero-order chi connectivity index (χ0) is 25.6. The lowest BCUT2D eigenvalue weighted by atomic mass is 10.1. The van der Waals surface area contributed by atoms with E-state index in [1.807, 2.05) is 32.9 Å². The van der Waals surface area contributed by atoms with Crippen LogP contribution in [0, 0.1) is 6.92 Å². The fraction of sp³-hybridized carbons (Fsp3) is 0.400. The Morgan fingerprint density at radius 3 is 2.46 bits per heavy atom. The number of hydrogen-bond acceptors (Lipinski definition) is 7. The van der Waals surface area contributed by atoms with Crippen molar-refractivity contribution in [3.63, 3.8) is 0 Å². The quantitative estimate of drug-likeness (QED) is 0.305. The highest BCUT2D eigenvalue weighted by Gasteiger charge is 2.33. The van der Waals surface area contributed by atoms with Crippen LogP contribution in [0.5, 0.6) is 5.75 Å². The van der Waals surface area contributed by atoms with Crippen molar-refractivity contribution in [1.29, 1.82) is 0 Å². The lowest BCUT2D eigenvalue weighted by Crippen LogP contribution is -2.28. The summed E-state index contributed by atoms with van der Waals surface area (Å²) >= 11 is 1.30. The standard InChI is InChI=1S/C25H27F3N2O4S/c1-5-32-19(24(31)33-6-2)14-17-7-9-18(10-8-17)34-16(4)22-15(3)13-20(35-22)23-29-12-11-21(30-23)25(26,27)28/h7-13,16,19H,5-6,14H2,1-4H3. The van der Waals surface area contributed by atoms with E-state index >= 15 is 0 Å². The summed E-state index contributed by atoms with van der Waals surface area (Å²) in [6.45, 7) is 8.00. The van der Waals surface area contributed by atoms with Crippen LogP contribution in [0.15, 0.2) is 42.6 Å². The van der Waals surface area contributed by atoms with Crippen LogP contribution in [-0.2, 0) is 26.9 Å². The number of aromatic nitrogens is 2. The van der Waals surface area contributed by atoms with Gasteiger partial charge in [0.15, 0.2) is 11.9 Å². The molecule has 0 fully saturated rings. The van der Waals surface area contributed by atoms with Gasteiger partial charge in [0.2, 0.25) is 0 Å².